The molecule has 184 valence electrons. The van der Waals surface area contributed by atoms with Gasteiger partial charge in [0.05, 0.1) is 10.4 Å². The van der Waals surface area contributed by atoms with E-state index in [2.05, 4.69) is 10.3 Å². The lowest BCUT2D eigenvalue weighted by Crippen LogP contribution is -2.60. The molecule has 0 radical (unpaired) electrons. The Morgan fingerprint density at radius 1 is 1.11 bits per heavy atom. The molecule has 6 rings (SSSR count). The molecule has 2 unspecified atom stereocenters. The van der Waals surface area contributed by atoms with Crippen LogP contribution in [0.4, 0.5) is 5.69 Å². The number of fused-ring (bicyclic) bond motifs is 6. The van der Waals surface area contributed by atoms with Crippen LogP contribution in [0.1, 0.15) is 57.2 Å². The number of benzene rings is 3. The van der Waals surface area contributed by atoms with E-state index in [4.69, 9.17) is 4.74 Å². The number of hydrogen-bond acceptors (Lipinski definition) is 7. The molecule has 0 saturated heterocycles. The lowest BCUT2D eigenvalue weighted by Gasteiger charge is -2.34. The van der Waals surface area contributed by atoms with Gasteiger partial charge in [-0.1, -0.05) is 44.2 Å². The molecular weight excluding hydrogens is 474 g/mol. The van der Waals surface area contributed by atoms with E-state index in [1.165, 1.54) is 18.2 Å². The van der Waals surface area contributed by atoms with Crippen LogP contribution in [-0.2, 0) is 11.3 Å². The third-order valence-corrected chi connectivity index (χ3v) is 7.17. The van der Waals surface area contributed by atoms with Crippen LogP contribution in [0.5, 0.6) is 5.75 Å². The molecule has 9 heteroatoms. The van der Waals surface area contributed by atoms with Crippen molar-refractivity contribution in [1.29, 1.82) is 0 Å². The molecule has 2 N–H and O–H groups in total. The lowest BCUT2D eigenvalue weighted by atomic mass is 9.82. The number of nitrogens with zero attached hydrogens (tertiary/aromatic N) is 2. The first-order valence-electron chi connectivity index (χ1n) is 11.7. The van der Waals surface area contributed by atoms with E-state index < -0.39 is 33.6 Å². The molecule has 1 aromatic heterocycles. The maximum Gasteiger partial charge on any atom is 0.280 e. The maximum absolute atomic E-state index is 14.1. The Kier molecular flexibility index (Phi) is 4.74. The lowest BCUT2D eigenvalue weighted by molar-refractivity contribution is -0.388. The molecule has 3 aromatic carbocycles. The topological polar surface area (TPSA) is 132 Å². The standard InChI is InChI=1S/C28H21N3O6/c1-15(2)16-8-10-20-23(14-16)37-28(34)24-19(6-3-7-22(24)31(35)36)25(32)27(20,28)30-26(33)18-9-11-21-17(13-18)5-4-12-29-21/h3-15,34H,1-2H3,(H,30,33). The zero-order chi connectivity index (χ0) is 26.1. The van der Waals surface area contributed by atoms with Crippen LogP contribution in [0.3, 0.4) is 0 Å². The highest BCUT2D eigenvalue weighted by Crippen LogP contribution is 2.60. The minimum Gasteiger partial charge on any atom is -0.454 e. The van der Waals surface area contributed by atoms with Crippen LogP contribution in [0.2, 0.25) is 0 Å². The summed E-state index contributed by atoms with van der Waals surface area (Å²) in [5, 5.41) is 27.5. The first-order chi connectivity index (χ1) is 17.7. The van der Waals surface area contributed by atoms with Crippen molar-refractivity contribution in [3.8, 4) is 5.75 Å². The molecule has 1 amide bonds. The summed E-state index contributed by atoms with van der Waals surface area (Å²) >= 11 is 0. The van der Waals surface area contributed by atoms with Crippen LogP contribution in [0.15, 0.2) is 72.9 Å². The van der Waals surface area contributed by atoms with Gasteiger partial charge >= 0.3 is 0 Å². The summed E-state index contributed by atoms with van der Waals surface area (Å²) in [6.07, 6.45) is 1.64. The van der Waals surface area contributed by atoms with Crippen LogP contribution in [-0.4, -0.2) is 26.7 Å². The fourth-order valence-corrected chi connectivity index (χ4v) is 5.33. The van der Waals surface area contributed by atoms with Gasteiger partial charge in [0.15, 0.2) is 0 Å². The number of aliphatic hydroxyl groups is 1. The fourth-order valence-electron chi connectivity index (χ4n) is 5.33. The first kappa shape index (κ1) is 22.8. The number of carbonyl (C=O) groups excluding carboxylic acids is 2. The summed E-state index contributed by atoms with van der Waals surface area (Å²) in [5.41, 5.74) is -0.960. The van der Waals surface area contributed by atoms with Gasteiger partial charge in [-0.3, -0.25) is 24.7 Å². The predicted molar refractivity (Wildman–Crippen MR) is 133 cm³/mol. The van der Waals surface area contributed by atoms with Crippen LogP contribution in [0.25, 0.3) is 10.9 Å². The highest BCUT2D eigenvalue weighted by molar-refractivity contribution is 6.14. The van der Waals surface area contributed by atoms with Crippen molar-refractivity contribution in [2.45, 2.75) is 31.1 Å². The van der Waals surface area contributed by atoms with Crippen molar-refractivity contribution in [2.75, 3.05) is 0 Å². The highest BCUT2D eigenvalue weighted by Gasteiger charge is 2.73. The van der Waals surface area contributed by atoms with Crippen molar-refractivity contribution in [3.05, 3.63) is 111 Å². The number of nitro benzene ring substituents is 1. The van der Waals surface area contributed by atoms with E-state index in [9.17, 15) is 24.8 Å². The maximum atomic E-state index is 14.1. The number of ketones is 1. The molecule has 9 nitrogen and oxygen atoms in total. The van der Waals surface area contributed by atoms with Crippen LogP contribution >= 0.6 is 0 Å². The number of ether oxygens (including phenoxy) is 1. The smallest absolute Gasteiger partial charge is 0.280 e. The third-order valence-electron chi connectivity index (χ3n) is 7.17. The molecule has 1 aliphatic carbocycles. The Hall–Kier alpha value is -4.63. The molecule has 2 heterocycles. The van der Waals surface area contributed by atoms with Crippen molar-refractivity contribution in [2.24, 2.45) is 0 Å². The molecular formula is C28H21N3O6. The summed E-state index contributed by atoms with van der Waals surface area (Å²) in [5.74, 6) is -3.60. The van der Waals surface area contributed by atoms with Crippen molar-refractivity contribution in [3.63, 3.8) is 0 Å². The monoisotopic (exact) mass is 495 g/mol. The second kappa shape index (κ2) is 7.68. The second-order valence-electron chi connectivity index (χ2n) is 9.56. The molecule has 0 spiro atoms. The van der Waals surface area contributed by atoms with Gasteiger partial charge in [-0.25, -0.2) is 0 Å². The van der Waals surface area contributed by atoms with Gasteiger partial charge in [0.1, 0.15) is 11.3 Å². The van der Waals surface area contributed by atoms with Crippen molar-refractivity contribution >= 4 is 28.3 Å². The Morgan fingerprint density at radius 2 is 1.92 bits per heavy atom. The van der Waals surface area contributed by atoms with Gasteiger partial charge in [-0.2, -0.15) is 0 Å². The van der Waals surface area contributed by atoms with E-state index >= 15 is 0 Å². The van der Waals surface area contributed by atoms with Gasteiger partial charge < -0.3 is 15.2 Å². The quantitative estimate of drug-likeness (QED) is 0.318. The summed E-state index contributed by atoms with van der Waals surface area (Å²) in [4.78, 5) is 43.2. The summed E-state index contributed by atoms with van der Waals surface area (Å²) < 4.78 is 6.01. The average molecular weight is 495 g/mol. The number of nitro groups is 1. The zero-order valence-corrected chi connectivity index (χ0v) is 19.9. The van der Waals surface area contributed by atoms with Gasteiger partial charge in [0, 0.05) is 34.3 Å². The number of rotatable bonds is 4. The summed E-state index contributed by atoms with van der Waals surface area (Å²) in [7, 11) is 0. The second-order valence-corrected chi connectivity index (χ2v) is 9.56. The number of carbonyl (C=O) groups is 2. The van der Waals surface area contributed by atoms with E-state index in [-0.39, 0.29) is 33.9 Å². The van der Waals surface area contributed by atoms with Crippen LogP contribution in [0, 0.1) is 10.1 Å². The highest BCUT2D eigenvalue weighted by atomic mass is 16.6. The number of nitrogens with one attached hydrogen (secondary N) is 1. The number of aromatic nitrogens is 1. The molecule has 1 aliphatic heterocycles. The molecule has 2 aliphatic rings. The molecule has 0 bridgehead atoms. The van der Waals surface area contributed by atoms with Gasteiger partial charge in [0.2, 0.25) is 11.3 Å². The minimum absolute atomic E-state index is 0.0849. The third kappa shape index (κ3) is 2.98. The van der Waals surface area contributed by atoms with E-state index in [0.29, 0.717) is 10.9 Å². The summed E-state index contributed by atoms with van der Waals surface area (Å²) in [6.45, 7) is 3.95. The van der Waals surface area contributed by atoms with E-state index in [0.717, 1.165) is 5.56 Å². The molecule has 2 atom stereocenters. The first-order valence-corrected chi connectivity index (χ1v) is 11.7. The van der Waals surface area contributed by atoms with Crippen molar-refractivity contribution in [1.82, 2.24) is 10.3 Å². The fraction of sp³-hybridized carbons (Fsp3) is 0.179. The predicted octanol–water partition coefficient (Wildman–Crippen LogP) is 4.33. The minimum atomic E-state index is -2.53. The van der Waals surface area contributed by atoms with E-state index in [1.54, 1.807) is 54.7 Å². The van der Waals surface area contributed by atoms with Gasteiger partial charge in [-0.05, 0) is 41.8 Å². The largest absolute Gasteiger partial charge is 0.454 e. The summed E-state index contributed by atoms with van der Waals surface area (Å²) in [6, 6.07) is 17.5. The van der Waals surface area contributed by atoms with E-state index in [1.807, 2.05) is 13.8 Å². The van der Waals surface area contributed by atoms with Crippen LogP contribution < -0.4 is 10.1 Å². The normalized spacial score (nSPS) is 21.4. The molecule has 4 aromatic rings. The zero-order valence-electron chi connectivity index (χ0n) is 19.9. The van der Waals surface area contributed by atoms with Gasteiger partial charge in [-0.15, -0.1) is 0 Å². The number of pyridine rings is 1. The number of hydrogen-bond donors (Lipinski definition) is 2. The van der Waals surface area contributed by atoms with Crippen molar-refractivity contribution < 1.29 is 24.4 Å². The Labute approximate surface area is 210 Å². The number of amides is 1. The Morgan fingerprint density at radius 3 is 2.68 bits per heavy atom. The number of Topliss-reactive ketones (excluding diaryl/α,β-unsaturated/α-hetero) is 1. The SMILES string of the molecule is CC(C)c1ccc2c(c1)OC1(O)c3c(cccc3[N+](=O)[O-])C(=O)C21NC(=O)c1ccc2ncccc2c1. The Bertz CT molecular complexity index is 1670. The average Bonchev–Trinajstić information content (AvgIpc) is 3.25. The molecule has 0 fully saturated rings. The molecule has 37 heavy (non-hydrogen) atoms. The Balaban J connectivity index is 1.56. The van der Waals surface area contributed by atoms with Gasteiger partial charge in [0.25, 0.3) is 17.4 Å². The molecule has 0 saturated carbocycles.